The molecule has 0 saturated carbocycles. The molecule has 0 spiro atoms. The average Bonchev–Trinajstić information content (AvgIpc) is 2.97. The average molecular weight is 433 g/mol. The third kappa shape index (κ3) is 6.95. The van der Waals surface area contributed by atoms with E-state index in [2.05, 4.69) is 49.3 Å². The molecule has 1 aromatic rings. The van der Waals surface area contributed by atoms with Gasteiger partial charge in [0.2, 0.25) is 0 Å². The molecule has 23 heavy (non-hydrogen) atoms. The van der Waals surface area contributed by atoms with Crippen LogP contribution in [0.2, 0.25) is 0 Å². The molecule has 1 unspecified atom stereocenters. The zero-order chi connectivity index (χ0) is 15.9. The highest BCUT2D eigenvalue weighted by Gasteiger charge is 2.18. The van der Waals surface area contributed by atoms with E-state index in [1.54, 1.807) is 0 Å². The van der Waals surface area contributed by atoms with Crippen molar-refractivity contribution in [2.45, 2.75) is 39.8 Å². The predicted molar refractivity (Wildman–Crippen MR) is 105 cm³/mol. The first-order chi connectivity index (χ1) is 10.5. The monoisotopic (exact) mass is 433 g/mol. The Balaban J connectivity index is 0.00000264. The molecule has 130 valence electrons. The number of nitrogens with two attached hydrogens (primary N) is 1. The molecular weight excluding hydrogens is 405 g/mol. The Labute approximate surface area is 156 Å². The highest BCUT2D eigenvalue weighted by molar-refractivity contribution is 14.0. The van der Waals surface area contributed by atoms with E-state index in [4.69, 9.17) is 15.2 Å². The summed E-state index contributed by atoms with van der Waals surface area (Å²) in [5.74, 6) is 1.90. The van der Waals surface area contributed by atoms with Gasteiger partial charge < -0.3 is 20.5 Å². The first kappa shape index (κ1) is 20.0. The maximum Gasteiger partial charge on any atom is 0.188 e. The Hall–Kier alpha value is -1.02. The molecule has 5 nitrogen and oxygen atoms in total. The topological polar surface area (TPSA) is 68.9 Å². The van der Waals surface area contributed by atoms with Crippen molar-refractivity contribution in [2.75, 3.05) is 19.8 Å². The zero-order valence-electron chi connectivity index (χ0n) is 14.2. The van der Waals surface area contributed by atoms with Crippen molar-refractivity contribution in [2.24, 2.45) is 16.6 Å². The van der Waals surface area contributed by atoms with Crippen LogP contribution in [0, 0.1) is 12.8 Å². The Morgan fingerprint density at radius 1 is 1.48 bits per heavy atom. The van der Waals surface area contributed by atoms with Crippen molar-refractivity contribution < 1.29 is 9.47 Å². The van der Waals surface area contributed by atoms with Gasteiger partial charge in [-0.3, -0.25) is 0 Å². The number of benzene rings is 1. The van der Waals surface area contributed by atoms with Crippen LogP contribution in [0.4, 0.5) is 0 Å². The van der Waals surface area contributed by atoms with Gasteiger partial charge >= 0.3 is 0 Å². The van der Waals surface area contributed by atoms with Crippen LogP contribution in [0.3, 0.4) is 0 Å². The Bertz CT molecular complexity index is 515. The van der Waals surface area contributed by atoms with Crippen molar-refractivity contribution in [3.05, 3.63) is 29.3 Å². The molecule has 0 aromatic heterocycles. The summed E-state index contributed by atoms with van der Waals surface area (Å²) in [6.45, 7) is 9.10. The number of aryl methyl sites for hydroxylation is 1. The predicted octanol–water partition coefficient (Wildman–Crippen LogP) is 2.84. The minimum atomic E-state index is 0. The van der Waals surface area contributed by atoms with Crippen LogP contribution >= 0.6 is 24.0 Å². The Morgan fingerprint density at radius 3 is 2.91 bits per heavy atom. The van der Waals surface area contributed by atoms with E-state index in [0.29, 0.717) is 25.0 Å². The fourth-order valence-corrected chi connectivity index (χ4v) is 2.22. The summed E-state index contributed by atoms with van der Waals surface area (Å²) in [6, 6.07) is 6.18. The van der Waals surface area contributed by atoms with Crippen LogP contribution in [0.15, 0.2) is 23.2 Å². The third-order valence-electron chi connectivity index (χ3n) is 3.52. The molecule has 1 saturated heterocycles. The Kier molecular flexibility index (Phi) is 8.68. The summed E-state index contributed by atoms with van der Waals surface area (Å²) in [5.41, 5.74) is 8.11. The van der Waals surface area contributed by atoms with Crippen LogP contribution < -0.4 is 15.8 Å². The van der Waals surface area contributed by atoms with Crippen LogP contribution in [-0.4, -0.2) is 31.8 Å². The van der Waals surface area contributed by atoms with Crippen molar-refractivity contribution >= 4 is 29.9 Å². The molecular formula is C17H28IN3O2. The summed E-state index contributed by atoms with van der Waals surface area (Å²) in [6.07, 6.45) is 1.08. The van der Waals surface area contributed by atoms with Gasteiger partial charge in [-0.2, -0.15) is 0 Å². The van der Waals surface area contributed by atoms with Gasteiger partial charge in [-0.25, -0.2) is 4.99 Å². The number of guanidine groups is 1. The van der Waals surface area contributed by atoms with E-state index in [-0.39, 0.29) is 30.1 Å². The third-order valence-corrected chi connectivity index (χ3v) is 3.52. The second kappa shape index (κ2) is 9.97. The van der Waals surface area contributed by atoms with Gasteiger partial charge in [-0.15, -0.1) is 24.0 Å². The molecule has 3 N–H and O–H groups in total. The fraction of sp³-hybridized carbons (Fsp3) is 0.588. The number of rotatable bonds is 6. The van der Waals surface area contributed by atoms with Crippen LogP contribution in [-0.2, 0) is 11.3 Å². The van der Waals surface area contributed by atoms with Gasteiger partial charge in [0, 0.05) is 18.5 Å². The van der Waals surface area contributed by atoms with Gasteiger partial charge in [0.25, 0.3) is 0 Å². The highest BCUT2D eigenvalue weighted by Crippen LogP contribution is 2.24. The second-order valence-corrected chi connectivity index (χ2v) is 6.19. The molecule has 0 amide bonds. The summed E-state index contributed by atoms with van der Waals surface area (Å²) in [4.78, 5) is 4.40. The highest BCUT2D eigenvalue weighted by atomic mass is 127. The molecule has 1 aromatic carbocycles. The quantitative estimate of drug-likeness (QED) is 0.411. The molecule has 6 heteroatoms. The number of hydrogen-bond donors (Lipinski definition) is 2. The van der Waals surface area contributed by atoms with E-state index in [9.17, 15) is 0 Å². The number of nitrogens with one attached hydrogen (secondary N) is 1. The molecule has 0 aliphatic carbocycles. The standard InChI is InChI=1S/C17H27N3O2.HI/c1-12(2)9-19-17(18)20-10-14-5-4-13(3)8-16(14)22-15-6-7-21-11-15;/h4-5,8,12,15H,6-7,9-11H2,1-3H3,(H3,18,19,20);1H. The van der Waals surface area contributed by atoms with E-state index < -0.39 is 0 Å². The van der Waals surface area contributed by atoms with Gasteiger partial charge in [-0.05, 0) is 24.5 Å². The number of hydrogen-bond acceptors (Lipinski definition) is 3. The van der Waals surface area contributed by atoms with Gasteiger partial charge in [0.15, 0.2) is 5.96 Å². The molecule has 1 aliphatic heterocycles. The van der Waals surface area contributed by atoms with E-state index >= 15 is 0 Å². The van der Waals surface area contributed by atoms with Crippen LogP contribution in [0.1, 0.15) is 31.4 Å². The summed E-state index contributed by atoms with van der Waals surface area (Å²) in [7, 11) is 0. The van der Waals surface area contributed by atoms with Gasteiger partial charge in [0.05, 0.1) is 19.8 Å². The molecule has 1 atom stereocenters. The fourth-order valence-electron chi connectivity index (χ4n) is 2.22. The zero-order valence-corrected chi connectivity index (χ0v) is 16.5. The lowest BCUT2D eigenvalue weighted by molar-refractivity contribution is 0.140. The maximum atomic E-state index is 6.06. The summed E-state index contributed by atoms with van der Waals surface area (Å²) < 4.78 is 11.4. The molecule has 0 bridgehead atoms. The van der Waals surface area contributed by atoms with Crippen LogP contribution in [0.5, 0.6) is 5.75 Å². The first-order valence-corrected chi connectivity index (χ1v) is 7.92. The lowest BCUT2D eigenvalue weighted by atomic mass is 10.1. The van der Waals surface area contributed by atoms with Gasteiger partial charge in [0.1, 0.15) is 11.9 Å². The largest absolute Gasteiger partial charge is 0.488 e. The molecule has 1 aliphatic rings. The lowest BCUT2D eigenvalue weighted by Gasteiger charge is -2.16. The molecule has 0 radical (unpaired) electrons. The van der Waals surface area contributed by atoms with Crippen molar-refractivity contribution in [3.63, 3.8) is 0 Å². The summed E-state index contributed by atoms with van der Waals surface area (Å²) >= 11 is 0. The van der Waals surface area contributed by atoms with E-state index in [1.807, 2.05) is 0 Å². The van der Waals surface area contributed by atoms with Crippen LogP contribution in [0.25, 0.3) is 0 Å². The van der Waals surface area contributed by atoms with E-state index in [1.165, 1.54) is 5.56 Å². The number of nitrogens with zero attached hydrogens (tertiary/aromatic N) is 1. The molecule has 2 rings (SSSR count). The van der Waals surface area contributed by atoms with E-state index in [0.717, 1.165) is 30.9 Å². The molecule has 1 heterocycles. The second-order valence-electron chi connectivity index (χ2n) is 6.19. The minimum absolute atomic E-state index is 0. The van der Waals surface area contributed by atoms with Crippen molar-refractivity contribution in [3.8, 4) is 5.75 Å². The normalized spacial score (nSPS) is 17.9. The Morgan fingerprint density at radius 2 is 2.26 bits per heavy atom. The number of ether oxygens (including phenoxy) is 2. The van der Waals surface area contributed by atoms with Gasteiger partial charge in [-0.1, -0.05) is 26.0 Å². The molecule has 1 fully saturated rings. The maximum absolute atomic E-state index is 6.06. The van der Waals surface area contributed by atoms with Crippen molar-refractivity contribution in [1.82, 2.24) is 5.32 Å². The summed E-state index contributed by atoms with van der Waals surface area (Å²) in [5, 5.41) is 3.12. The van der Waals surface area contributed by atoms with Crippen molar-refractivity contribution in [1.29, 1.82) is 0 Å². The number of aliphatic imine (C=N–C) groups is 1. The first-order valence-electron chi connectivity index (χ1n) is 7.92. The lowest BCUT2D eigenvalue weighted by Crippen LogP contribution is -2.34. The number of halogens is 1. The smallest absolute Gasteiger partial charge is 0.188 e. The minimum Gasteiger partial charge on any atom is -0.488 e. The SMILES string of the molecule is Cc1ccc(CN=C(N)NCC(C)C)c(OC2CCOC2)c1.I.